The molecular formula is C19H23NO3. The van der Waals surface area contributed by atoms with Crippen LogP contribution in [-0.2, 0) is 0 Å². The zero-order chi connectivity index (χ0) is 16.2. The fourth-order valence-corrected chi connectivity index (χ4v) is 2.83. The van der Waals surface area contributed by atoms with Gasteiger partial charge in [0, 0.05) is 6.04 Å². The van der Waals surface area contributed by atoms with Gasteiger partial charge in [0.2, 0.25) is 0 Å². The second-order valence-corrected chi connectivity index (χ2v) is 6.10. The second kappa shape index (κ2) is 7.02. The molecule has 0 unspecified atom stereocenters. The van der Waals surface area contributed by atoms with Crippen molar-refractivity contribution < 1.29 is 14.6 Å². The zero-order valence-corrected chi connectivity index (χ0v) is 13.3. The second-order valence-electron chi connectivity index (χ2n) is 6.10. The molecule has 3 atom stereocenters. The van der Waals surface area contributed by atoms with Crippen molar-refractivity contribution >= 4 is 0 Å². The summed E-state index contributed by atoms with van der Waals surface area (Å²) in [5, 5.41) is 10.2. The average Bonchev–Trinajstić information content (AvgIpc) is 2.56. The molecule has 1 aliphatic carbocycles. The van der Waals surface area contributed by atoms with Gasteiger partial charge in [-0.15, -0.1) is 0 Å². The molecule has 0 radical (unpaired) electrons. The van der Waals surface area contributed by atoms with Crippen LogP contribution in [0.4, 0.5) is 0 Å². The standard InChI is InChI=1S/C19H23NO3/c1-13-9-11-14(12-10-13)22-16-6-2-3-7-17(16)23-18-8-4-5-15(20)19(18)21/h2-3,6-7,9-12,15,18-19,21H,4-5,8,20H2,1H3/t15-,18-,19-/m1/s1. The van der Waals surface area contributed by atoms with Gasteiger partial charge in [-0.1, -0.05) is 29.8 Å². The van der Waals surface area contributed by atoms with Gasteiger partial charge < -0.3 is 20.3 Å². The molecule has 0 heterocycles. The van der Waals surface area contributed by atoms with E-state index >= 15 is 0 Å². The third kappa shape index (κ3) is 3.84. The summed E-state index contributed by atoms with van der Waals surface area (Å²) in [6, 6.07) is 15.2. The van der Waals surface area contributed by atoms with Crippen LogP contribution >= 0.6 is 0 Å². The van der Waals surface area contributed by atoms with E-state index in [-0.39, 0.29) is 12.1 Å². The summed E-state index contributed by atoms with van der Waals surface area (Å²) in [6.07, 6.45) is 1.66. The predicted molar refractivity (Wildman–Crippen MR) is 89.9 cm³/mol. The Hall–Kier alpha value is -2.04. The fraction of sp³-hybridized carbons (Fsp3) is 0.368. The molecule has 0 saturated heterocycles. The Morgan fingerprint density at radius 3 is 2.43 bits per heavy atom. The van der Waals surface area contributed by atoms with E-state index in [1.165, 1.54) is 5.56 Å². The summed E-state index contributed by atoms with van der Waals surface area (Å²) in [5.74, 6) is 2.03. The van der Waals surface area contributed by atoms with Crippen molar-refractivity contribution in [3.8, 4) is 17.2 Å². The number of aryl methyl sites for hydroxylation is 1. The number of benzene rings is 2. The van der Waals surface area contributed by atoms with Crippen LogP contribution in [0, 0.1) is 6.92 Å². The van der Waals surface area contributed by atoms with Crippen molar-refractivity contribution in [1.29, 1.82) is 0 Å². The Morgan fingerprint density at radius 2 is 1.70 bits per heavy atom. The highest BCUT2D eigenvalue weighted by molar-refractivity contribution is 5.43. The third-order valence-electron chi connectivity index (χ3n) is 4.22. The summed E-state index contributed by atoms with van der Waals surface area (Å²) in [7, 11) is 0. The first-order valence-electron chi connectivity index (χ1n) is 8.07. The molecule has 2 aromatic rings. The predicted octanol–water partition coefficient (Wildman–Crippen LogP) is 3.41. The Morgan fingerprint density at radius 1 is 1.00 bits per heavy atom. The molecule has 0 aliphatic heterocycles. The third-order valence-corrected chi connectivity index (χ3v) is 4.22. The number of aliphatic hydroxyl groups is 1. The van der Waals surface area contributed by atoms with Crippen LogP contribution in [0.2, 0.25) is 0 Å². The van der Waals surface area contributed by atoms with Crippen molar-refractivity contribution in [1.82, 2.24) is 0 Å². The van der Waals surface area contributed by atoms with Crippen molar-refractivity contribution in [2.75, 3.05) is 0 Å². The maximum absolute atomic E-state index is 10.2. The van der Waals surface area contributed by atoms with E-state index < -0.39 is 6.10 Å². The van der Waals surface area contributed by atoms with Gasteiger partial charge >= 0.3 is 0 Å². The van der Waals surface area contributed by atoms with Crippen LogP contribution in [0.1, 0.15) is 24.8 Å². The number of aliphatic hydroxyl groups excluding tert-OH is 1. The molecule has 1 saturated carbocycles. The quantitative estimate of drug-likeness (QED) is 0.908. The number of hydrogen-bond acceptors (Lipinski definition) is 4. The largest absolute Gasteiger partial charge is 0.484 e. The van der Waals surface area contributed by atoms with Gasteiger partial charge in [-0.2, -0.15) is 0 Å². The molecule has 122 valence electrons. The fourth-order valence-electron chi connectivity index (χ4n) is 2.83. The van der Waals surface area contributed by atoms with Gasteiger partial charge in [-0.25, -0.2) is 0 Å². The molecule has 1 fully saturated rings. The average molecular weight is 313 g/mol. The molecule has 0 bridgehead atoms. The van der Waals surface area contributed by atoms with Gasteiger partial charge in [0.15, 0.2) is 11.5 Å². The van der Waals surface area contributed by atoms with E-state index in [1.807, 2.05) is 55.5 Å². The molecule has 2 aromatic carbocycles. The molecule has 3 rings (SSSR count). The minimum Gasteiger partial charge on any atom is -0.484 e. The summed E-state index contributed by atoms with van der Waals surface area (Å²) in [6.45, 7) is 2.04. The first-order chi connectivity index (χ1) is 11.1. The Kier molecular flexibility index (Phi) is 4.84. The highest BCUT2D eigenvalue weighted by Gasteiger charge is 2.31. The van der Waals surface area contributed by atoms with Gasteiger partial charge in [0.25, 0.3) is 0 Å². The van der Waals surface area contributed by atoms with E-state index in [9.17, 15) is 5.11 Å². The van der Waals surface area contributed by atoms with E-state index in [0.29, 0.717) is 11.5 Å². The lowest BCUT2D eigenvalue weighted by atomic mass is 9.90. The van der Waals surface area contributed by atoms with E-state index in [1.54, 1.807) is 0 Å². The smallest absolute Gasteiger partial charge is 0.169 e. The number of rotatable bonds is 4. The molecule has 3 N–H and O–H groups in total. The van der Waals surface area contributed by atoms with Crippen LogP contribution in [0.5, 0.6) is 17.2 Å². The van der Waals surface area contributed by atoms with Crippen LogP contribution in [0.15, 0.2) is 48.5 Å². The summed E-state index contributed by atoms with van der Waals surface area (Å²) >= 11 is 0. The monoisotopic (exact) mass is 313 g/mol. The number of para-hydroxylation sites is 2. The molecule has 0 amide bonds. The molecule has 0 aromatic heterocycles. The maximum atomic E-state index is 10.2. The first kappa shape index (κ1) is 15.8. The molecule has 4 heteroatoms. The normalized spacial score (nSPS) is 24.2. The van der Waals surface area contributed by atoms with E-state index in [2.05, 4.69) is 0 Å². The SMILES string of the molecule is Cc1ccc(Oc2ccccc2O[C@@H]2CCC[C@@H](N)[C@H]2O)cc1. The number of ether oxygens (including phenoxy) is 2. The number of hydrogen-bond donors (Lipinski definition) is 2. The Bertz CT molecular complexity index is 641. The molecule has 23 heavy (non-hydrogen) atoms. The van der Waals surface area contributed by atoms with Crippen molar-refractivity contribution in [3.63, 3.8) is 0 Å². The van der Waals surface area contributed by atoms with Crippen molar-refractivity contribution in [2.45, 2.75) is 44.4 Å². The summed E-state index contributed by atoms with van der Waals surface area (Å²) in [5.41, 5.74) is 7.12. The van der Waals surface area contributed by atoms with Crippen LogP contribution < -0.4 is 15.2 Å². The van der Waals surface area contributed by atoms with Gasteiger partial charge in [0.05, 0.1) is 0 Å². The maximum Gasteiger partial charge on any atom is 0.169 e. The lowest BCUT2D eigenvalue weighted by Crippen LogP contribution is -2.48. The molecule has 4 nitrogen and oxygen atoms in total. The lowest BCUT2D eigenvalue weighted by Gasteiger charge is -2.33. The zero-order valence-electron chi connectivity index (χ0n) is 13.3. The summed E-state index contributed by atoms with van der Waals surface area (Å²) in [4.78, 5) is 0. The van der Waals surface area contributed by atoms with Crippen LogP contribution in [0.3, 0.4) is 0 Å². The summed E-state index contributed by atoms with van der Waals surface area (Å²) < 4.78 is 11.9. The van der Waals surface area contributed by atoms with E-state index in [4.69, 9.17) is 15.2 Å². The minimum atomic E-state index is -0.642. The van der Waals surface area contributed by atoms with Crippen LogP contribution in [-0.4, -0.2) is 23.4 Å². The lowest BCUT2D eigenvalue weighted by molar-refractivity contribution is -0.00672. The van der Waals surface area contributed by atoms with Crippen LogP contribution in [0.25, 0.3) is 0 Å². The molecule has 1 aliphatic rings. The van der Waals surface area contributed by atoms with Gasteiger partial charge in [-0.05, 0) is 50.5 Å². The van der Waals surface area contributed by atoms with Crippen molar-refractivity contribution in [3.05, 3.63) is 54.1 Å². The van der Waals surface area contributed by atoms with Crippen molar-refractivity contribution in [2.24, 2.45) is 5.73 Å². The Balaban J connectivity index is 1.76. The van der Waals surface area contributed by atoms with Gasteiger partial charge in [0.1, 0.15) is 18.0 Å². The topological polar surface area (TPSA) is 64.7 Å². The minimum absolute atomic E-state index is 0.223. The molecular weight excluding hydrogens is 290 g/mol. The first-order valence-corrected chi connectivity index (χ1v) is 8.07. The highest BCUT2D eigenvalue weighted by atomic mass is 16.5. The molecule has 0 spiro atoms. The number of nitrogens with two attached hydrogens (primary N) is 1. The Labute approximate surface area is 136 Å². The van der Waals surface area contributed by atoms with E-state index in [0.717, 1.165) is 25.0 Å². The highest BCUT2D eigenvalue weighted by Crippen LogP contribution is 2.34. The van der Waals surface area contributed by atoms with Gasteiger partial charge in [-0.3, -0.25) is 0 Å².